The van der Waals surface area contributed by atoms with Crippen LogP contribution in [0, 0.1) is 16.0 Å². The van der Waals surface area contributed by atoms with E-state index >= 15 is 0 Å². The molecule has 0 aliphatic heterocycles. The first-order valence-corrected chi connectivity index (χ1v) is 5.25. The molecule has 0 saturated carbocycles. The second kappa shape index (κ2) is 5.61. The highest BCUT2D eigenvalue weighted by Gasteiger charge is 2.25. The summed E-state index contributed by atoms with van der Waals surface area (Å²) in [6, 6.07) is 6.89. The molecule has 0 aliphatic rings. The Balaban J connectivity index is 3.05. The van der Waals surface area contributed by atoms with Crippen molar-refractivity contribution in [3.63, 3.8) is 0 Å². The van der Waals surface area contributed by atoms with Gasteiger partial charge in [0.2, 0.25) is 6.54 Å². The fourth-order valence-corrected chi connectivity index (χ4v) is 1.85. The largest absolute Gasteiger partial charge is 0.303 e. The molecule has 0 aliphatic carbocycles. The van der Waals surface area contributed by atoms with Crippen LogP contribution < -0.4 is 0 Å². The predicted molar refractivity (Wildman–Crippen MR) is 61.3 cm³/mol. The second-order valence-corrected chi connectivity index (χ2v) is 4.05. The van der Waals surface area contributed by atoms with E-state index in [0.29, 0.717) is 10.6 Å². The molecule has 4 nitrogen and oxygen atoms in total. The first kappa shape index (κ1) is 12.6. The molecular weight excluding hydrogens is 230 g/mol. The number of carbonyl (C=O) groups is 1. The number of aldehydes is 1. The molecule has 1 aromatic rings. The van der Waals surface area contributed by atoms with E-state index in [2.05, 4.69) is 0 Å². The summed E-state index contributed by atoms with van der Waals surface area (Å²) in [6.07, 6.45) is 0.720. The second-order valence-electron chi connectivity index (χ2n) is 3.64. The minimum absolute atomic E-state index is 0.288. The van der Waals surface area contributed by atoms with Crippen LogP contribution in [0.5, 0.6) is 0 Å². The third-order valence-corrected chi connectivity index (χ3v) is 2.84. The summed E-state index contributed by atoms with van der Waals surface area (Å²) >= 11 is 5.96. The monoisotopic (exact) mass is 241 g/mol. The molecule has 86 valence electrons. The van der Waals surface area contributed by atoms with Gasteiger partial charge in [-0.1, -0.05) is 36.7 Å². The molecule has 0 spiro atoms. The molecule has 1 aromatic carbocycles. The Bertz CT molecular complexity index is 395. The summed E-state index contributed by atoms with van der Waals surface area (Å²) < 4.78 is 0. The third-order valence-electron chi connectivity index (χ3n) is 2.50. The maximum Gasteiger partial charge on any atom is 0.211 e. The van der Waals surface area contributed by atoms with Crippen molar-refractivity contribution in [2.75, 3.05) is 6.54 Å². The van der Waals surface area contributed by atoms with E-state index in [4.69, 9.17) is 11.6 Å². The lowest BCUT2D eigenvalue weighted by molar-refractivity contribution is -0.484. The van der Waals surface area contributed by atoms with Crippen molar-refractivity contribution in [1.82, 2.24) is 0 Å². The highest BCUT2D eigenvalue weighted by Crippen LogP contribution is 2.29. The van der Waals surface area contributed by atoms with Gasteiger partial charge in [-0.2, -0.15) is 0 Å². The van der Waals surface area contributed by atoms with Gasteiger partial charge in [0.1, 0.15) is 6.29 Å². The Kier molecular flexibility index (Phi) is 4.43. The van der Waals surface area contributed by atoms with Gasteiger partial charge in [-0.25, -0.2) is 0 Å². The molecule has 5 heteroatoms. The van der Waals surface area contributed by atoms with E-state index in [1.807, 2.05) is 0 Å². The maximum absolute atomic E-state index is 10.7. The van der Waals surface area contributed by atoms with Crippen LogP contribution in [0.1, 0.15) is 18.4 Å². The van der Waals surface area contributed by atoms with Gasteiger partial charge >= 0.3 is 0 Å². The minimum atomic E-state index is -0.471. The maximum atomic E-state index is 10.7. The Morgan fingerprint density at radius 3 is 2.62 bits per heavy atom. The van der Waals surface area contributed by atoms with E-state index < -0.39 is 16.8 Å². The fraction of sp³-hybridized carbons (Fsp3) is 0.364. The zero-order valence-electron chi connectivity index (χ0n) is 8.80. The van der Waals surface area contributed by atoms with Crippen molar-refractivity contribution >= 4 is 17.9 Å². The van der Waals surface area contributed by atoms with E-state index in [0.717, 1.165) is 6.29 Å². The Hall–Kier alpha value is -1.42. The minimum Gasteiger partial charge on any atom is -0.303 e. The average Bonchev–Trinajstić information content (AvgIpc) is 2.26. The lowest BCUT2D eigenvalue weighted by Gasteiger charge is -2.17. The first-order valence-electron chi connectivity index (χ1n) is 4.87. The Morgan fingerprint density at radius 1 is 1.50 bits per heavy atom. The van der Waals surface area contributed by atoms with Gasteiger partial charge in [0.05, 0.1) is 5.92 Å². The fourth-order valence-electron chi connectivity index (χ4n) is 1.58. The van der Waals surface area contributed by atoms with E-state index in [9.17, 15) is 14.9 Å². The Morgan fingerprint density at radius 2 is 2.12 bits per heavy atom. The van der Waals surface area contributed by atoms with Crippen molar-refractivity contribution in [2.24, 2.45) is 5.92 Å². The van der Waals surface area contributed by atoms with Crippen molar-refractivity contribution in [1.29, 1.82) is 0 Å². The highest BCUT2D eigenvalue weighted by atomic mass is 35.5. The number of hydrogen-bond donors (Lipinski definition) is 0. The topological polar surface area (TPSA) is 60.2 Å². The molecule has 0 bridgehead atoms. The van der Waals surface area contributed by atoms with Gasteiger partial charge in [0.15, 0.2) is 0 Å². The number of nitro groups is 1. The summed E-state index contributed by atoms with van der Waals surface area (Å²) in [6.45, 7) is 1.37. The number of benzene rings is 1. The number of rotatable bonds is 5. The van der Waals surface area contributed by atoms with E-state index in [-0.39, 0.29) is 6.54 Å². The van der Waals surface area contributed by atoms with Crippen LogP contribution in [0.25, 0.3) is 0 Å². The normalized spacial score (nSPS) is 14.1. The third kappa shape index (κ3) is 3.03. The summed E-state index contributed by atoms with van der Waals surface area (Å²) in [4.78, 5) is 20.9. The van der Waals surface area contributed by atoms with Crippen molar-refractivity contribution in [3.05, 3.63) is 45.0 Å². The molecule has 0 fully saturated rings. The summed E-state index contributed by atoms with van der Waals surface area (Å²) in [5.74, 6) is -0.897. The van der Waals surface area contributed by atoms with E-state index in [1.165, 1.54) is 0 Å². The molecule has 0 unspecified atom stereocenters. The first-order chi connectivity index (χ1) is 7.56. The van der Waals surface area contributed by atoms with Crippen LogP contribution >= 0.6 is 11.6 Å². The molecule has 2 atom stereocenters. The standard InChI is InChI=1S/C11H12ClNO3/c1-8(7-14)10(6-13(15)16)9-4-2-3-5-11(9)12/h2-5,7-8,10H,6H2,1H3/t8-,10+/m1/s1. The lowest BCUT2D eigenvalue weighted by Crippen LogP contribution is -2.20. The molecule has 0 heterocycles. The quantitative estimate of drug-likeness (QED) is 0.452. The van der Waals surface area contributed by atoms with Gasteiger partial charge in [-0.15, -0.1) is 0 Å². The molecule has 1 rings (SSSR count). The highest BCUT2D eigenvalue weighted by molar-refractivity contribution is 6.31. The number of nitrogens with zero attached hydrogens (tertiary/aromatic N) is 1. The molecule has 0 radical (unpaired) electrons. The van der Waals surface area contributed by atoms with Crippen molar-refractivity contribution < 1.29 is 9.72 Å². The van der Waals surface area contributed by atoms with Gasteiger partial charge in [-0.3, -0.25) is 10.1 Å². The predicted octanol–water partition coefficient (Wildman–Crippen LogP) is 2.54. The molecular formula is C11H12ClNO3. The number of hydrogen-bond acceptors (Lipinski definition) is 3. The SMILES string of the molecule is C[C@H](C=O)[C@H](C[N+](=O)[O-])c1ccccc1Cl. The van der Waals surface area contributed by atoms with Gasteiger partial charge in [-0.05, 0) is 11.6 Å². The van der Waals surface area contributed by atoms with Gasteiger partial charge in [0.25, 0.3) is 0 Å². The van der Waals surface area contributed by atoms with E-state index in [1.54, 1.807) is 31.2 Å². The Labute approximate surface area is 98.4 Å². The molecule has 0 aromatic heterocycles. The summed E-state index contributed by atoms with van der Waals surface area (Å²) in [5.41, 5.74) is 0.653. The van der Waals surface area contributed by atoms with Crippen molar-refractivity contribution in [3.8, 4) is 0 Å². The molecule has 16 heavy (non-hydrogen) atoms. The number of carbonyl (C=O) groups excluding carboxylic acids is 1. The van der Waals surface area contributed by atoms with Crippen LogP contribution in [-0.4, -0.2) is 17.8 Å². The van der Waals surface area contributed by atoms with Gasteiger partial charge < -0.3 is 4.79 Å². The molecule has 0 saturated heterocycles. The zero-order chi connectivity index (χ0) is 12.1. The van der Waals surface area contributed by atoms with Crippen LogP contribution in [0.3, 0.4) is 0 Å². The molecule has 0 N–H and O–H groups in total. The number of halogens is 1. The summed E-state index contributed by atoms with van der Waals surface area (Å²) in [7, 11) is 0. The van der Waals surface area contributed by atoms with Crippen LogP contribution in [0.2, 0.25) is 5.02 Å². The zero-order valence-corrected chi connectivity index (χ0v) is 9.55. The lowest BCUT2D eigenvalue weighted by atomic mass is 9.88. The average molecular weight is 242 g/mol. The smallest absolute Gasteiger partial charge is 0.211 e. The molecule has 0 amide bonds. The van der Waals surface area contributed by atoms with Crippen LogP contribution in [0.15, 0.2) is 24.3 Å². The van der Waals surface area contributed by atoms with Crippen LogP contribution in [-0.2, 0) is 4.79 Å². The van der Waals surface area contributed by atoms with Crippen molar-refractivity contribution in [2.45, 2.75) is 12.8 Å². The van der Waals surface area contributed by atoms with Crippen LogP contribution in [0.4, 0.5) is 0 Å². The summed E-state index contributed by atoms with van der Waals surface area (Å²) in [5, 5.41) is 11.0. The van der Waals surface area contributed by atoms with Gasteiger partial charge in [0, 0.05) is 15.9 Å².